The van der Waals surface area contributed by atoms with Gasteiger partial charge in [0.25, 0.3) is 0 Å². The highest BCUT2D eigenvalue weighted by atomic mass is 79.9. The maximum atomic E-state index is 8.49. The third-order valence-corrected chi connectivity index (χ3v) is 2.79. The summed E-state index contributed by atoms with van der Waals surface area (Å²) < 4.78 is 0.371. The van der Waals surface area contributed by atoms with Crippen LogP contribution in [0.5, 0.6) is 0 Å². The minimum Gasteiger partial charge on any atom is -0.396 e. The Kier molecular flexibility index (Phi) is 1.63. The molecule has 0 spiro atoms. The summed E-state index contributed by atoms with van der Waals surface area (Å²) in [7, 11) is 0. The molecule has 8 heavy (non-hydrogen) atoms. The molecule has 1 fully saturated rings. The van der Waals surface area contributed by atoms with Crippen LogP contribution >= 0.6 is 15.9 Å². The third kappa shape index (κ3) is 1.23. The predicted octanol–water partition coefficient (Wildman–Crippen LogP) is 1.54. The van der Waals surface area contributed by atoms with Crippen LogP contribution in [0.3, 0.4) is 0 Å². The predicted molar refractivity (Wildman–Crippen MR) is 37.1 cm³/mol. The fraction of sp³-hybridized carbons (Fsp3) is 1.00. The second kappa shape index (κ2) is 1.99. The quantitative estimate of drug-likeness (QED) is 0.637. The van der Waals surface area contributed by atoms with Gasteiger partial charge in [0.1, 0.15) is 0 Å². The summed E-state index contributed by atoms with van der Waals surface area (Å²) in [6.07, 6.45) is 2.19. The zero-order chi connectivity index (χ0) is 6.20. The van der Waals surface area contributed by atoms with E-state index in [1.165, 1.54) is 6.42 Å². The van der Waals surface area contributed by atoms with Crippen LogP contribution in [-0.4, -0.2) is 16.0 Å². The molecule has 0 radical (unpaired) electrons. The lowest BCUT2D eigenvalue weighted by atomic mass is 10.3. The van der Waals surface area contributed by atoms with Gasteiger partial charge < -0.3 is 5.11 Å². The van der Waals surface area contributed by atoms with Crippen molar-refractivity contribution in [2.45, 2.75) is 24.1 Å². The lowest BCUT2D eigenvalue weighted by Gasteiger charge is -1.95. The van der Waals surface area contributed by atoms with Gasteiger partial charge in [0.2, 0.25) is 0 Å². The molecule has 1 aliphatic carbocycles. The van der Waals surface area contributed by atoms with Gasteiger partial charge in [0.15, 0.2) is 0 Å². The second-order valence-corrected chi connectivity index (χ2v) is 4.50. The van der Waals surface area contributed by atoms with Gasteiger partial charge in [0, 0.05) is 10.9 Å². The molecule has 1 nitrogen and oxygen atoms in total. The van der Waals surface area contributed by atoms with Crippen LogP contribution in [0.1, 0.15) is 19.8 Å². The molecule has 1 N–H and O–H groups in total. The van der Waals surface area contributed by atoms with Crippen molar-refractivity contribution in [2.75, 3.05) is 6.61 Å². The third-order valence-electron chi connectivity index (χ3n) is 1.81. The van der Waals surface area contributed by atoms with Gasteiger partial charge in [-0.3, -0.25) is 0 Å². The first kappa shape index (κ1) is 6.56. The average molecular weight is 179 g/mol. The van der Waals surface area contributed by atoms with Crippen molar-refractivity contribution in [1.29, 1.82) is 0 Å². The Morgan fingerprint density at radius 2 is 2.38 bits per heavy atom. The molecule has 0 aromatic heterocycles. The average Bonchev–Trinajstić information content (AvgIpc) is 2.15. The van der Waals surface area contributed by atoms with Gasteiger partial charge in [-0.05, 0) is 25.7 Å². The Balaban J connectivity index is 2.17. The molecular formula is C6H11BrO. The van der Waals surface area contributed by atoms with Gasteiger partial charge in [-0.1, -0.05) is 15.9 Å². The summed E-state index contributed by atoms with van der Waals surface area (Å²) in [6, 6.07) is 0. The van der Waals surface area contributed by atoms with E-state index in [2.05, 4.69) is 22.9 Å². The highest BCUT2D eigenvalue weighted by molar-refractivity contribution is 9.10. The molecule has 1 rings (SSSR count). The number of aliphatic hydroxyl groups is 1. The molecular weight excluding hydrogens is 168 g/mol. The number of rotatable bonds is 2. The number of aliphatic hydroxyl groups excluding tert-OH is 1. The zero-order valence-electron chi connectivity index (χ0n) is 5.02. The van der Waals surface area contributed by atoms with E-state index < -0.39 is 0 Å². The minimum absolute atomic E-state index is 0.339. The highest BCUT2D eigenvalue weighted by Gasteiger charge is 2.46. The minimum atomic E-state index is 0.339. The van der Waals surface area contributed by atoms with Crippen molar-refractivity contribution < 1.29 is 5.11 Å². The zero-order valence-corrected chi connectivity index (χ0v) is 6.61. The van der Waals surface area contributed by atoms with Crippen molar-refractivity contribution in [3.05, 3.63) is 0 Å². The van der Waals surface area contributed by atoms with E-state index in [9.17, 15) is 0 Å². The fourth-order valence-corrected chi connectivity index (χ4v) is 1.60. The second-order valence-electron chi connectivity index (χ2n) is 2.69. The van der Waals surface area contributed by atoms with E-state index in [0.29, 0.717) is 10.9 Å². The lowest BCUT2D eigenvalue weighted by molar-refractivity contribution is 0.278. The molecule has 0 bridgehead atoms. The summed E-state index contributed by atoms with van der Waals surface area (Å²) in [6.45, 7) is 2.51. The normalized spacial score (nSPS) is 44.6. The van der Waals surface area contributed by atoms with E-state index in [4.69, 9.17) is 5.11 Å². The molecule has 0 aromatic rings. The standard InChI is InChI=1S/C6H11BrO/c1-6(7)4-5(6)2-3-8/h5,8H,2-4H2,1H3. The fourth-order valence-electron chi connectivity index (χ4n) is 0.982. The van der Waals surface area contributed by atoms with Gasteiger partial charge in [0.05, 0.1) is 0 Å². The number of hydrogen-bond acceptors (Lipinski definition) is 1. The molecule has 0 amide bonds. The van der Waals surface area contributed by atoms with Crippen LogP contribution in [0.15, 0.2) is 0 Å². The topological polar surface area (TPSA) is 20.2 Å². The van der Waals surface area contributed by atoms with Gasteiger partial charge in [-0.25, -0.2) is 0 Å². The molecule has 48 valence electrons. The van der Waals surface area contributed by atoms with Crippen LogP contribution in [0.2, 0.25) is 0 Å². The van der Waals surface area contributed by atoms with Crippen LogP contribution < -0.4 is 0 Å². The molecule has 1 aliphatic rings. The molecule has 0 saturated heterocycles. The van der Waals surface area contributed by atoms with Crippen LogP contribution in [0.4, 0.5) is 0 Å². The SMILES string of the molecule is CC1(Br)CC1CCO. The smallest absolute Gasteiger partial charge is 0.0434 e. The van der Waals surface area contributed by atoms with Crippen LogP contribution in [0.25, 0.3) is 0 Å². The van der Waals surface area contributed by atoms with Gasteiger partial charge in [-0.2, -0.15) is 0 Å². The molecule has 0 aromatic carbocycles. The summed E-state index contributed by atoms with van der Waals surface area (Å²) >= 11 is 3.54. The summed E-state index contributed by atoms with van der Waals surface area (Å²) in [5, 5.41) is 8.49. The van der Waals surface area contributed by atoms with Crippen molar-refractivity contribution in [1.82, 2.24) is 0 Å². The van der Waals surface area contributed by atoms with Crippen molar-refractivity contribution in [2.24, 2.45) is 5.92 Å². The lowest BCUT2D eigenvalue weighted by Crippen LogP contribution is -1.94. The Labute approximate surface area is 58.2 Å². The van der Waals surface area contributed by atoms with Crippen LogP contribution in [0, 0.1) is 5.92 Å². The van der Waals surface area contributed by atoms with E-state index in [1.807, 2.05) is 0 Å². The summed E-state index contributed by atoms with van der Waals surface area (Å²) in [5.41, 5.74) is 0. The summed E-state index contributed by atoms with van der Waals surface area (Å²) in [4.78, 5) is 0. The Morgan fingerprint density at radius 1 is 1.88 bits per heavy atom. The number of hydrogen-bond donors (Lipinski definition) is 1. The first-order valence-electron chi connectivity index (χ1n) is 2.96. The molecule has 2 unspecified atom stereocenters. The molecule has 2 atom stereocenters. The van der Waals surface area contributed by atoms with Crippen molar-refractivity contribution in [3.8, 4) is 0 Å². The molecule has 0 heterocycles. The van der Waals surface area contributed by atoms with Gasteiger partial charge in [-0.15, -0.1) is 0 Å². The molecule has 2 heteroatoms. The number of alkyl halides is 1. The van der Waals surface area contributed by atoms with E-state index in [0.717, 1.165) is 12.3 Å². The largest absolute Gasteiger partial charge is 0.396 e. The Bertz CT molecular complexity index is 90.5. The van der Waals surface area contributed by atoms with E-state index in [1.54, 1.807) is 0 Å². The highest BCUT2D eigenvalue weighted by Crippen LogP contribution is 2.52. The van der Waals surface area contributed by atoms with Crippen molar-refractivity contribution in [3.63, 3.8) is 0 Å². The van der Waals surface area contributed by atoms with E-state index >= 15 is 0 Å². The molecule has 0 aliphatic heterocycles. The van der Waals surface area contributed by atoms with E-state index in [-0.39, 0.29) is 0 Å². The maximum Gasteiger partial charge on any atom is 0.0434 e. The number of halogens is 1. The maximum absolute atomic E-state index is 8.49. The Hall–Kier alpha value is 0.440. The summed E-state index contributed by atoms with van der Waals surface area (Å²) in [5.74, 6) is 0.729. The Morgan fingerprint density at radius 3 is 2.50 bits per heavy atom. The first-order valence-corrected chi connectivity index (χ1v) is 3.76. The van der Waals surface area contributed by atoms with Gasteiger partial charge >= 0.3 is 0 Å². The first-order chi connectivity index (χ1) is 3.67. The van der Waals surface area contributed by atoms with Crippen molar-refractivity contribution >= 4 is 15.9 Å². The monoisotopic (exact) mass is 178 g/mol. The van der Waals surface area contributed by atoms with Crippen LogP contribution in [-0.2, 0) is 0 Å². The molecule has 1 saturated carbocycles.